The molecule has 34 heavy (non-hydrogen) atoms. The van der Waals surface area contributed by atoms with Crippen LogP contribution in [0.5, 0.6) is 5.75 Å². The number of amides is 2. The molecule has 3 heterocycles. The first-order valence-corrected chi connectivity index (χ1v) is 11.9. The molecule has 1 aromatic heterocycles. The first-order valence-electron chi connectivity index (χ1n) is 11.5. The van der Waals surface area contributed by atoms with E-state index in [4.69, 9.17) is 21.1 Å². The van der Waals surface area contributed by atoms with Crippen molar-refractivity contribution < 1.29 is 19.1 Å². The fourth-order valence-corrected chi connectivity index (χ4v) is 5.14. The molecular formula is C26H28ClN3O4. The zero-order chi connectivity index (χ0) is 23.9. The van der Waals surface area contributed by atoms with Gasteiger partial charge in [-0.25, -0.2) is 0 Å². The van der Waals surface area contributed by atoms with Gasteiger partial charge in [0, 0.05) is 36.2 Å². The molecule has 0 aliphatic carbocycles. The third kappa shape index (κ3) is 4.03. The molecule has 2 aromatic carbocycles. The van der Waals surface area contributed by atoms with Crippen LogP contribution in [0.1, 0.15) is 35.8 Å². The van der Waals surface area contributed by atoms with Crippen LogP contribution in [0.25, 0.3) is 10.9 Å². The van der Waals surface area contributed by atoms with Crippen molar-refractivity contribution in [2.75, 3.05) is 20.3 Å². The van der Waals surface area contributed by atoms with Gasteiger partial charge in [-0.1, -0.05) is 23.7 Å². The highest BCUT2D eigenvalue weighted by molar-refractivity contribution is 6.30. The van der Waals surface area contributed by atoms with Crippen LogP contribution in [0, 0.1) is 0 Å². The van der Waals surface area contributed by atoms with E-state index in [2.05, 4.69) is 5.32 Å². The van der Waals surface area contributed by atoms with Crippen LogP contribution in [0.15, 0.2) is 48.5 Å². The molecule has 1 N–H and O–H groups in total. The van der Waals surface area contributed by atoms with Gasteiger partial charge in [0.05, 0.1) is 25.3 Å². The van der Waals surface area contributed by atoms with E-state index in [9.17, 15) is 9.59 Å². The van der Waals surface area contributed by atoms with Crippen LogP contribution in [0.2, 0.25) is 5.02 Å². The van der Waals surface area contributed by atoms with Gasteiger partial charge in [0.1, 0.15) is 17.0 Å². The number of halogens is 1. The molecule has 3 aromatic rings. The van der Waals surface area contributed by atoms with E-state index in [0.29, 0.717) is 29.6 Å². The summed E-state index contributed by atoms with van der Waals surface area (Å²) in [4.78, 5) is 29.2. The minimum atomic E-state index is -1.11. The lowest BCUT2D eigenvalue weighted by atomic mass is 9.93. The highest BCUT2D eigenvalue weighted by Gasteiger charge is 2.47. The maximum atomic E-state index is 13.8. The summed E-state index contributed by atoms with van der Waals surface area (Å²) in [5.41, 5.74) is 1.17. The lowest BCUT2D eigenvalue weighted by Crippen LogP contribution is -2.64. The number of nitrogens with zero attached hydrogens (tertiary/aromatic N) is 2. The standard InChI is InChI=1S/C26H28ClN3O4/c1-26(25(32)28-14-21-7-4-10-34-21)16-29-22-13-20(33-2)9-8-18(22)12-23(29)24(31)30(26)15-17-5-3-6-19(27)11-17/h3,5-6,8-9,11-13,21H,4,7,10,14-16H2,1-2H3,(H,28,32)/t21-,26+/m1/s1. The number of carbonyl (C=O) groups is 2. The van der Waals surface area contributed by atoms with Crippen molar-refractivity contribution in [1.82, 2.24) is 14.8 Å². The lowest BCUT2D eigenvalue weighted by Gasteiger charge is -2.44. The smallest absolute Gasteiger partial charge is 0.271 e. The van der Waals surface area contributed by atoms with Crippen LogP contribution in [0.4, 0.5) is 0 Å². The van der Waals surface area contributed by atoms with Crippen molar-refractivity contribution in [3.63, 3.8) is 0 Å². The van der Waals surface area contributed by atoms with E-state index in [0.717, 1.165) is 35.9 Å². The Kier molecular flexibility index (Phi) is 6.00. The fourth-order valence-electron chi connectivity index (χ4n) is 4.93. The van der Waals surface area contributed by atoms with E-state index in [1.165, 1.54) is 0 Å². The molecule has 2 amide bonds. The van der Waals surface area contributed by atoms with Gasteiger partial charge in [-0.05, 0) is 55.7 Å². The Bertz CT molecular complexity index is 1250. The number of hydrogen-bond acceptors (Lipinski definition) is 4. The van der Waals surface area contributed by atoms with Gasteiger partial charge in [0.25, 0.3) is 5.91 Å². The number of methoxy groups -OCH3 is 1. The van der Waals surface area contributed by atoms with Crippen molar-refractivity contribution in [3.05, 3.63) is 64.8 Å². The summed E-state index contributed by atoms with van der Waals surface area (Å²) in [6, 6.07) is 15.0. The Hall–Kier alpha value is -3.03. The first-order chi connectivity index (χ1) is 16.4. The van der Waals surface area contributed by atoms with Gasteiger partial charge in [0.15, 0.2) is 0 Å². The second-order valence-electron chi connectivity index (χ2n) is 9.18. The molecule has 8 heteroatoms. The Balaban J connectivity index is 1.54. The first kappa shape index (κ1) is 22.7. The quantitative estimate of drug-likeness (QED) is 0.577. The van der Waals surface area contributed by atoms with Crippen molar-refractivity contribution in [1.29, 1.82) is 0 Å². The molecule has 0 radical (unpaired) electrons. The summed E-state index contributed by atoms with van der Waals surface area (Å²) >= 11 is 6.21. The van der Waals surface area contributed by atoms with Gasteiger partial charge >= 0.3 is 0 Å². The van der Waals surface area contributed by atoms with Crippen LogP contribution in [0.3, 0.4) is 0 Å². The summed E-state index contributed by atoms with van der Waals surface area (Å²) in [6.45, 7) is 3.57. The van der Waals surface area contributed by atoms with Crippen LogP contribution in [-0.2, 0) is 22.6 Å². The van der Waals surface area contributed by atoms with Crippen LogP contribution >= 0.6 is 11.6 Å². The Morgan fingerprint density at radius 2 is 2.12 bits per heavy atom. The number of aromatic nitrogens is 1. The van der Waals surface area contributed by atoms with Gasteiger partial charge in [0.2, 0.25) is 5.91 Å². The molecule has 1 saturated heterocycles. The molecule has 7 nitrogen and oxygen atoms in total. The Morgan fingerprint density at radius 1 is 1.26 bits per heavy atom. The third-order valence-corrected chi connectivity index (χ3v) is 7.11. The number of ether oxygens (including phenoxy) is 2. The van der Waals surface area contributed by atoms with Crippen molar-refractivity contribution in [2.45, 2.75) is 44.5 Å². The summed E-state index contributed by atoms with van der Waals surface area (Å²) in [7, 11) is 1.61. The molecule has 2 aliphatic heterocycles. The topological polar surface area (TPSA) is 72.8 Å². The van der Waals surface area contributed by atoms with Gasteiger partial charge < -0.3 is 24.3 Å². The van der Waals surface area contributed by atoms with Gasteiger partial charge in [-0.2, -0.15) is 0 Å². The van der Waals surface area contributed by atoms with Crippen molar-refractivity contribution in [3.8, 4) is 5.75 Å². The molecule has 5 rings (SSSR count). The maximum Gasteiger partial charge on any atom is 0.271 e. The zero-order valence-corrected chi connectivity index (χ0v) is 20.1. The van der Waals surface area contributed by atoms with Crippen LogP contribution < -0.4 is 10.1 Å². The number of rotatable bonds is 6. The largest absolute Gasteiger partial charge is 0.497 e. The summed E-state index contributed by atoms with van der Waals surface area (Å²) < 4.78 is 13.0. The number of fused-ring (bicyclic) bond motifs is 3. The Morgan fingerprint density at radius 3 is 2.85 bits per heavy atom. The number of benzene rings is 2. The monoisotopic (exact) mass is 481 g/mol. The SMILES string of the molecule is COc1ccc2cc3n(c2c1)C[C@@](C)(C(=O)NC[C@H]1CCCO1)N(Cc1cccc(Cl)c1)C3=O. The summed E-state index contributed by atoms with van der Waals surface area (Å²) in [5, 5.41) is 4.57. The number of carbonyl (C=O) groups excluding carboxylic acids is 2. The molecule has 2 atom stereocenters. The van der Waals surface area contributed by atoms with E-state index in [-0.39, 0.29) is 24.5 Å². The number of nitrogens with one attached hydrogen (secondary N) is 1. The Labute approximate surface area is 203 Å². The summed E-state index contributed by atoms with van der Waals surface area (Å²) in [6.07, 6.45) is 1.94. The van der Waals surface area contributed by atoms with E-state index < -0.39 is 5.54 Å². The van der Waals surface area contributed by atoms with Gasteiger partial charge in [-0.15, -0.1) is 0 Å². The normalized spacial score (nSPS) is 22.1. The van der Waals surface area contributed by atoms with E-state index in [1.54, 1.807) is 18.1 Å². The molecule has 0 spiro atoms. The molecule has 0 saturated carbocycles. The summed E-state index contributed by atoms with van der Waals surface area (Å²) in [5.74, 6) is 0.302. The predicted molar refractivity (Wildman–Crippen MR) is 130 cm³/mol. The molecule has 0 bridgehead atoms. The highest BCUT2D eigenvalue weighted by Crippen LogP contribution is 2.35. The minimum Gasteiger partial charge on any atom is -0.497 e. The van der Waals surface area contributed by atoms with Crippen molar-refractivity contribution in [2.24, 2.45) is 0 Å². The molecular weight excluding hydrogens is 454 g/mol. The second kappa shape index (κ2) is 8.96. The molecule has 1 fully saturated rings. The van der Waals surface area contributed by atoms with Gasteiger partial charge in [-0.3, -0.25) is 9.59 Å². The maximum absolute atomic E-state index is 13.8. The highest BCUT2D eigenvalue weighted by atomic mass is 35.5. The van der Waals surface area contributed by atoms with E-state index >= 15 is 0 Å². The third-order valence-electron chi connectivity index (χ3n) is 6.87. The molecule has 2 aliphatic rings. The average Bonchev–Trinajstić information content (AvgIpc) is 3.48. The van der Waals surface area contributed by atoms with Crippen molar-refractivity contribution >= 4 is 34.3 Å². The zero-order valence-electron chi connectivity index (χ0n) is 19.3. The fraction of sp³-hybridized carbons (Fsp3) is 0.385. The van der Waals surface area contributed by atoms with E-state index in [1.807, 2.05) is 54.0 Å². The number of hydrogen-bond donors (Lipinski definition) is 1. The minimum absolute atomic E-state index is 0.0143. The predicted octanol–water partition coefficient (Wildman–Crippen LogP) is 4.01. The lowest BCUT2D eigenvalue weighted by molar-refractivity contribution is -0.133. The average molecular weight is 482 g/mol. The molecule has 0 unspecified atom stereocenters. The molecule has 178 valence electrons. The van der Waals surface area contributed by atoms with Crippen LogP contribution in [-0.4, -0.2) is 53.2 Å². The second-order valence-corrected chi connectivity index (χ2v) is 9.62.